The molecule has 0 unspecified atom stereocenters. The number of rotatable bonds is 4. The van der Waals surface area contributed by atoms with Crippen molar-refractivity contribution in [1.29, 1.82) is 0 Å². The van der Waals surface area contributed by atoms with Crippen LogP contribution in [0.1, 0.15) is 23.6 Å². The Balaban J connectivity index is 1.44. The number of benzene rings is 1. The number of aromatic nitrogens is 4. The van der Waals surface area contributed by atoms with E-state index in [9.17, 15) is 4.39 Å². The highest BCUT2D eigenvalue weighted by atomic mass is 19.1. The van der Waals surface area contributed by atoms with Crippen molar-refractivity contribution in [1.82, 2.24) is 30.0 Å². The van der Waals surface area contributed by atoms with Crippen LogP contribution in [-0.2, 0) is 26.2 Å². The van der Waals surface area contributed by atoms with Gasteiger partial charge in [-0.05, 0) is 44.3 Å². The molecule has 0 bridgehead atoms. The molecule has 3 aromatic rings. The number of H-pyrrole nitrogens is 1. The molecule has 0 aliphatic carbocycles. The maximum absolute atomic E-state index is 13.3. The lowest BCUT2D eigenvalue weighted by atomic mass is 10.3. The van der Waals surface area contributed by atoms with Crippen molar-refractivity contribution < 1.29 is 4.39 Å². The van der Waals surface area contributed by atoms with E-state index in [1.54, 1.807) is 6.07 Å². The summed E-state index contributed by atoms with van der Waals surface area (Å²) in [4.78, 5) is 9.85. The molecule has 126 valence electrons. The van der Waals surface area contributed by atoms with Crippen LogP contribution in [0.5, 0.6) is 0 Å². The van der Waals surface area contributed by atoms with Crippen molar-refractivity contribution >= 4 is 11.0 Å². The second kappa shape index (κ2) is 6.33. The lowest BCUT2D eigenvalue weighted by molar-refractivity contribution is 0.306. The van der Waals surface area contributed by atoms with Crippen LogP contribution in [0, 0.1) is 5.82 Å². The molecule has 0 saturated carbocycles. The third kappa shape index (κ3) is 3.18. The number of halogens is 1. The summed E-state index contributed by atoms with van der Waals surface area (Å²) in [6.45, 7) is 4.32. The Morgan fingerprint density at radius 3 is 3.12 bits per heavy atom. The molecule has 4 rings (SSSR count). The fraction of sp³-hybridized carbons (Fsp3) is 0.412. The minimum atomic E-state index is -0.251. The van der Waals surface area contributed by atoms with E-state index in [2.05, 4.69) is 30.9 Å². The number of nitrogens with zero attached hydrogens (tertiary/aromatic N) is 4. The van der Waals surface area contributed by atoms with Crippen LogP contribution >= 0.6 is 0 Å². The van der Waals surface area contributed by atoms with Gasteiger partial charge >= 0.3 is 0 Å². The van der Waals surface area contributed by atoms with Crippen LogP contribution in [0.3, 0.4) is 0 Å². The average Bonchev–Trinajstić information content (AvgIpc) is 3.03. The largest absolute Gasteiger partial charge is 0.341 e. The van der Waals surface area contributed by atoms with Gasteiger partial charge in [0.15, 0.2) is 0 Å². The van der Waals surface area contributed by atoms with Gasteiger partial charge in [-0.15, -0.1) is 0 Å². The molecule has 0 atom stereocenters. The summed E-state index contributed by atoms with van der Waals surface area (Å²) < 4.78 is 15.4. The third-order valence-electron chi connectivity index (χ3n) is 4.29. The van der Waals surface area contributed by atoms with Gasteiger partial charge < -0.3 is 10.3 Å². The molecule has 2 N–H and O–H groups in total. The molecule has 2 aromatic heterocycles. The van der Waals surface area contributed by atoms with E-state index >= 15 is 0 Å². The van der Waals surface area contributed by atoms with Crippen molar-refractivity contribution in [2.24, 2.45) is 0 Å². The molecule has 0 radical (unpaired) electrons. The molecule has 0 saturated heterocycles. The van der Waals surface area contributed by atoms with Crippen LogP contribution in [-0.4, -0.2) is 38.2 Å². The van der Waals surface area contributed by atoms with E-state index in [1.165, 1.54) is 17.8 Å². The number of hydrogen-bond acceptors (Lipinski definition) is 4. The van der Waals surface area contributed by atoms with E-state index < -0.39 is 0 Å². The highest BCUT2D eigenvalue weighted by molar-refractivity contribution is 5.74. The molecule has 0 spiro atoms. The Bertz CT molecular complexity index is 829. The van der Waals surface area contributed by atoms with Crippen molar-refractivity contribution in [3.8, 4) is 0 Å². The maximum atomic E-state index is 13.3. The third-order valence-corrected chi connectivity index (χ3v) is 4.29. The van der Waals surface area contributed by atoms with Gasteiger partial charge in [-0.1, -0.05) is 0 Å². The number of fused-ring (bicyclic) bond motifs is 2. The first-order valence-corrected chi connectivity index (χ1v) is 8.26. The smallest absolute Gasteiger partial charge is 0.125 e. The van der Waals surface area contributed by atoms with Gasteiger partial charge in [0.05, 0.1) is 29.0 Å². The van der Waals surface area contributed by atoms with Gasteiger partial charge in [-0.2, -0.15) is 5.10 Å². The second-order valence-corrected chi connectivity index (χ2v) is 6.40. The van der Waals surface area contributed by atoms with Crippen LogP contribution in [0.15, 0.2) is 24.3 Å². The fourth-order valence-corrected chi connectivity index (χ4v) is 3.20. The van der Waals surface area contributed by atoms with Gasteiger partial charge in [-0.3, -0.25) is 9.58 Å². The SMILES string of the molecule is CN(Cc1cc2n(n1)CCCNC2)Cc1nc2ccc(F)cc2[nH]1. The first kappa shape index (κ1) is 15.3. The van der Waals surface area contributed by atoms with Crippen LogP contribution < -0.4 is 5.32 Å². The minimum Gasteiger partial charge on any atom is -0.341 e. The first-order chi connectivity index (χ1) is 11.7. The Kier molecular flexibility index (Phi) is 4.03. The molecular formula is C17H21FN6. The molecule has 24 heavy (non-hydrogen) atoms. The number of imidazole rings is 1. The standard InChI is InChI=1S/C17H21FN6/c1-23(10-13-8-14-9-19-5-2-6-24(14)22-13)11-17-20-15-4-3-12(18)7-16(15)21-17/h3-4,7-8,19H,2,5-6,9-11H2,1H3,(H,20,21). The molecule has 1 aromatic carbocycles. The summed E-state index contributed by atoms with van der Waals surface area (Å²) in [5, 5.41) is 8.11. The molecule has 6 nitrogen and oxygen atoms in total. The maximum Gasteiger partial charge on any atom is 0.125 e. The van der Waals surface area contributed by atoms with Gasteiger partial charge in [0.1, 0.15) is 11.6 Å². The Morgan fingerprint density at radius 2 is 2.21 bits per heavy atom. The normalized spacial score (nSPS) is 15.0. The van der Waals surface area contributed by atoms with Crippen LogP contribution in [0.2, 0.25) is 0 Å². The second-order valence-electron chi connectivity index (χ2n) is 6.40. The summed E-state index contributed by atoms with van der Waals surface area (Å²) in [5.41, 5.74) is 3.84. The zero-order valence-corrected chi connectivity index (χ0v) is 13.7. The van der Waals surface area contributed by atoms with E-state index in [4.69, 9.17) is 5.10 Å². The van der Waals surface area contributed by atoms with E-state index in [-0.39, 0.29) is 5.82 Å². The Hall–Kier alpha value is -2.25. The number of aromatic amines is 1. The van der Waals surface area contributed by atoms with Crippen LogP contribution in [0.25, 0.3) is 11.0 Å². The van der Waals surface area contributed by atoms with Gasteiger partial charge in [0, 0.05) is 19.6 Å². The minimum absolute atomic E-state index is 0.251. The van der Waals surface area contributed by atoms with Crippen molar-refractivity contribution in [2.45, 2.75) is 32.6 Å². The zero-order chi connectivity index (χ0) is 16.5. The lowest BCUT2D eigenvalue weighted by Gasteiger charge is -2.13. The van der Waals surface area contributed by atoms with Gasteiger partial charge in [-0.25, -0.2) is 9.37 Å². The molecule has 1 aliphatic heterocycles. The Morgan fingerprint density at radius 1 is 1.29 bits per heavy atom. The molecule has 7 heteroatoms. The van der Waals surface area contributed by atoms with Crippen molar-refractivity contribution in [3.63, 3.8) is 0 Å². The summed E-state index contributed by atoms with van der Waals surface area (Å²) >= 11 is 0. The fourth-order valence-electron chi connectivity index (χ4n) is 3.20. The highest BCUT2D eigenvalue weighted by Crippen LogP contribution is 2.15. The van der Waals surface area contributed by atoms with Gasteiger partial charge in [0.25, 0.3) is 0 Å². The highest BCUT2D eigenvalue weighted by Gasteiger charge is 2.13. The predicted octanol–water partition coefficient (Wildman–Crippen LogP) is 2.02. The monoisotopic (exact) mass is 328 g/mol. The van der Waals surface area contributed by atoms with Crippen molar-refractivity contribution in [2.75, 3.05) is 13.6 Å². The Labute approximate surface area is 139 Å². The molecule has 3 heterocycles. The van der Waals surface area contributed by atoms with Crippen LogP contribution in [0.4, 0.5) is 4.39 Å². The summed E-state index contributed by atoms with van der Waals surface area (Å²) in [7, 11) is 2.04. The quantitative estimate of drug-likeness (QED) is 0.769. The van der Waals surface area contributed by atoms with E-state index in [0.29, 0.717) is 6.54 Å². The molecule has 0 fully saturated rings. The molecular weight excluding hydrogens is 307 g/mol. The topological polar surface area (TPSA) is 61.8 Å². The van der Waals surface area contributed by atoms with Gasteiger partial charge in [0.2, 0.25) is 0 Å². The number of aryl methyl sites for hydroxylation is 1. The van der Waals surface area contributed by atoms with Crippen molar-refractivity contribution in [3.05, 3.63) is 47.3 Å². The molecule has 0 amide bonds. The number of nitrogens with one attached hydrogen (secondary N) is 2. The molecule has 1 aliphatic rings. The zero-order valence-electron chi connectivity index (χ0n) is 13.7. The first-order valence-electron chi connectivity index (χ1n) is 8.26. The van der Waals surface area contributed by atoms with E-state index in [1.807, 2.05) is 7.05 Å². The predicted molar refractivity (Wildman–Crippen MR) is 89.8 cm³/mol. The number of hydrogen-bond donors (Lipinski definition) is 2. The van der Waals surface area contributed by atoms with E-state index in [0.717, 1.165) is 55.2 Å². The summed E-state index contributed by atoms with van der Waals surface area (Å²) in [6.07, 6.45) is 1.11. The lowest BCUT2D eigenvalue weighted by Crippen LogP contribution is -2.18. The summed E-state index contributed by atoms with van der Waals surface area (Å²) in [6, 6.07) is 6.78. The average molecular weight is 328 g/mol. The summed E-state index contributed by atoms with van der Waals surface area (Å²) in [5.74, 6) is 0.583.